The molecule has 4 nitrogen and oxygen atoms in total. The van der Waals surface area contributed by atoms with Crippen molar-refractivity contribution in [3.63, 3.8) is 0 Å². The van der Waals surface area contributed by atoms with Gasteiger partial charge in [-0.2, -0.15) is 5.10 Å². The molecule has 0 aliphatic heterocycles. The Morgan fingerprint density at radius 2 is 1.87 bits per heavy atom. The first-order valence-corrected chi connectivity index (χ1v) is 7.51. The SMILES string of the molecule is O[C@](Cn1cncn1)(c1ccc(F)cc1)c1ccc(Cl)cc1Cl. The van der Waals surface area contributed by atoms with Gasteiger partial charge in [0.25, 0.3) is 0 Å². The van der Waals surface area contributed by atoms with Crippen molar-refractivity contribution in [2.24, 2.45) is 0 Å². The topological polar surface area (TPSA) is 50.9 Å². The molecule has 0 unspecified atom stereocenters. The summed E-state index contributed by atoms with van der Waals surface area (Å²) in [6.45, 7) is 0.0694. The fourth-order valence-corrected chi connectivity index (χ4v) is 3.00. The van der Waals surface area contributed by atoms with Crippen LogP contribution in [-0.2, 0) is 12.1 Å². The Bertz CT molecular complexity index is 809. The molecular formula is C16H12Cl2FN3O. The lowest BCUT2D eigenvalue weighted by Crippen LogP contribution is -2.33. The van der Waals surface area contributed by atoms with Gasteiger partial charge in [-0.3, -0.25) is 0 Å². The van der Waals surface area contributed by atoms with Gasteiger partial charge < -0.3 is 5.11 Å². The number of aliphatic hydroxyl groups is 1. The Morgan fingerprint density at radius 1 is 1.13 bits per heavy atom. The summed E-state index contributed by atoms with van der Waals surface area (Å²) in [7, 11) is 0. The molecule has 0 aliphatic rings. The highest BCUT2D eigenvalue weighted by atomic mass is 35.5. The van der Waals surface area contributed by atoms with Crippen LogP contribution in [0.2, 0.25) is 10.0 Å². The van der Waals surface area contributed by atoms with Crippen LogP contribution < -0.4 is 0 Å². The minimum atomic E-state index is -1.51. The van der Waals surface area contributed by atoms with Crippen molar-refractivity contribution in [3.8, 4) is 0 Å². The molecule has 1 aromatic heterocycles. The van der Waals surface area contributed by atoms with Gasteiger partial charge >= 0.3 is 0 Å². The van der Waals surface area contributed by atoms with Gasteiger partial charge in [0.1, 0.15) is 24.1 Å². The van der Waals surface area contributed by atoms with Crippen molar-refractivity contribution >= 4 is 23.2 Å². The van der Waals surface area contributed by atoms with Crippen LogP contribution in [0.3, 0.4) is 0 Å². The van der Waals surface area contributed by atoms with Crippen molar-refractivity contribution in [3.05, 3.63) is 82.1 Å². The van der Waals surface area contributed by atoms with E-state index in [0.29, 0.717) is 21.2 Å². The van der Waals surface area contributed by atoms with Gasteiger partial charge in [-0.1, -0.05) is 41.4 Å². The van der Waals surface area contributed by atoms with Crippen molar-refractivity contribution < 1.29 is 9.50 Å². The van der Waals surface area contributed by atoms with E-state index in [1.54, 1.807) is 18.2 Å². The number of benzene rings is 2. The molecule has 1 N–H and O–H groups in total. The molecule has 3 rings (SSSR count). The van der Waals surface area contributed by atoms with E-state index >= 15 is 0 Å². The van der Waals surface area contributed by atoms with Crippen LogP contribution in [0.5, 0.6) is 0 Å². The van der Waals surface area contributed by atoms with Crippen molar-refractivity contribution in [2.75, 3.05) is 0 Å². The van der Waals surface area contributed by atoms with E-state index in [0.717, 1.165) is 0 Å². The molecule has 0 saturated carbocycles. The molecule has 0 amide bonds. The van der Waals surface area contributed by atoms with Gasteiger partial charge in [0.15, 0.2) is 0 Å². The first-order chi connectivity index (χ1) is 11.0. The third-order valence-electron chi connectivity index (χ3n) is 3.56. The van der Waals surface area contributed by atoms with Crippen LogP contribution in [0.1, 0.15) is 11.1 Å². The number of hydrogen-bond acceptors (Lipinski definition) is 3. The molecule has 7 heteroatoms. The highest BCUT2D eigenvalue weighted by Gasteiger charge is 2.34. The zero-order valence-corrected chi connectivity index (χ0v) is 13.3. The van der Waals surface area contributed by atoms with Crippen LogP contribution in [0.25, 0.3) is 0 Å². The third kappa shape index (κ3) is 3.22. The standard InChI is InChI=1S/C16H12Cl2FN3O/c17-12-3-6-14(15(18)7-12)16(23,8-22-10-20-9-21-22)11-1-4-13(19)5-2-11/h1-7,9-10,23H,8H2/t16-/m1/s1. The summed E-state index contributed by atoms with van der Waals surface area (Å²) in [5.41, 5.74) is -0.576. The van der Waals surface area contributed by atoms with Crippen LogP contribution in [-0.4, -0.2) is 19.9 Å². The lowest BCUT2D eigenvalue weighted by Gasteiger charge is -2.30. The molecule has 0 spiro atoms. The zero-order chi connectivity index (χ0) is 16.4. The minimum absolute atomic E-state index is 0.0694. The second kappa shape index (κ2) is 6.28. The summed E-state index contributed by atoms with van der Waals surface area (Å²) < 4.78 is 14.7. The smallest absolute Gasteiger partial charge is 0.137 e. The van der Waals surface area contributed by atoms with Gasteiger partial charge in [-0.15, -0.1) is 0 Å². The average Bonchev–Trinajstić information content (AvgIpc) is 3.00. The summed E-state index contributed by atoms with van der Waals surface area (Å²) >= 11 is 12.2. The Balaban J connectivity index is 2.14. The second-order valence-electron chi connectivity index (χ2n) is 5.08. The van der Waals surface area contributed by atoms with Crippen molar-refractivity contribution in [1.82, 2.24) is 14.8 Å². The van der Waals surface area contributed by atoms with E-state index in [9.17, 15) is 9.50 Å². The fourth-order valence-electron chi connectivity index (χ4n) is 2.43. The lowest BCUT2D eigenvalue weighted by atomic mass is 9.86. The van der Waals surface area contributed by atoms with Crippen LogP contribution >= 0.6 is 23.2 Å². The highest BCUT2D eigenvalue weighted by Crippen LogP contribution is 2.37. The van der Waals surface area contributed by atoms with E-state index < -0.39 is 5.60 Å². The minimum Gasteiger partial charge on any atom is -0.378 e. The van der Waals surface area contributed by atoms with Crippen LogP contribution in [0.15, 0.2) is 55.1 Å². The molecular weight excluding hydrogens is 340 g/mol. The number of aromatic nitrogens is 3. The predicted molar refractivity (Wildman–Crippen MR) is 85.9 cm³/mol. The fraction of sp³-hybridized carbons (Fsp3) is 0.125. The molecule has 0 bridgehead atoms. The maximum atomic E-state index is 13.2. The molecule has 118 valence electrons. The molecule has 23 heavy (non-hydrogen) atoms. The summed E-state index contributed by atoms with van der Waals surface area (Å²) in [6.07, 6.45) is 2.85. The maximum absolute atomic E-state index is 13.2. The van der Waals surface area contributed by atoms with E-state index in [2.05, 4.69) is 10.1 Å². The molecule has 0 fully saturated rings. The summed E-state index contributed by atoms with van der Waals surface area (Å²) in [6, 6.07) is 10.4. The Morgan fingerprint density at radius 3 is 2.48 bits per heavy atom. The Kier molecular flexibility index (Phi) is 4.35. The predicted octanol–water partition coefficient (Wildman–Crippen LogP) is 3.66. The number of halogens is 3. The summed E-state index contributed by atoms with van der Waals surface area (Å²) in [5.74, 6) is -0.390. The van der Waals surface area contributed by atoms with Crippen molar-refractivity contribution in [2.45, 2.75) is 12.1 Å². The maximum Gasteiger partial charge on any atom is 0.137 e. The van der Waals surface area contributed by atoms with Gasteiger partial charge in [-0.25, -0.2) is 14.1 Å². The Hall–Kier alpha value is -1.95. The molecule has 1 heterocycles. The van der Waals surface area contributed by atoms with E-state index in [4.69, 9.17) is 23.2 Å². The van der Waals surface area contributed by atoms with E-state index in [1.807, 2.05) is 0 Å². The van der Waals surface area contributed by atoms with Gasteiger partial charge in [0, 0.05) is 15.6 Å². The van der Waals surface area contributed by atoms with Crippen LogP contribution in [0.4, 0.5) is 4.39 Å². The number of hydrogen-bond donors (Lipinski definition) is 1. The first kappa shape index (κ1) is 15.9. The molecule has 2 aromatic carbocycles. The molecule has 3 aromatic rings. The number of rotatable bonds is 4. The summed E-state index contributed by atoms with van der Waals surface area (Å²) in [5, 5.41) is 16.1. The van der Waals surface area contributed by atoms with Crippen LogP contribution in [0, 0.1) is 5.82 Å². The zero-order valence-electron chi connectivity index (χ0n) is 11.8. The molecule has 1 atom stereocenters. The van der Waals surface area contributed by atoms with Crippen molar-refractivity contribution in [1.29, 1.82) is 0 Å². The van der Waals surface area contributed by atoms with Gasteiger partial charge in [-0.05, 0) is 29.8 Å². The quantitative estimate of drug-likeness (QED) is 0.780. The molecule has 0 aliphatic carbocycles. The molecule has 0 radical (unpaired) electrons. The molecule has 0 saturated heterocycles. The van der Waals surface area contributed by atoms with Gasteiger partial charge in [0.2, 0.25) is 0 Å². The van der Waals surface area contributed by atoms with E-state index in [1.165, 1.54) is 41.6 Å². The monoisotopic (exact) mass is 351 g/mol. The lowest BCUT2D eigenvalue weighted by molar-refractivity contribution is 0.0573. The van der Waals surface area contributed by atoms with Gasteiger partial charge in [0.05, 0.1) is 6.54 Å². The third-order valence-corrected chi connectivity index (χ3v) is 4.10. The average molecular weight is 352 g/mol. The van der Waals surface area contributed by atoms with E-state index in [-0.39, 0.29) is 12.4 Å². The largest absolute Gasteiger partial charge is 0.378 e. The number of nitrogens with zero attached hydrogens (tertiary/aromatic N) is 3. The second-order valence-corrected chi connectivity index (χ2v) is 5.93. The first-order valence-electron chi connectivity index (χ1n) is 6.75. The Labute approximate surface area is 142 Å². The normalized spacial score (nSPS) is 13.7. The summed E-state index contributed by atoms with van der Waals surface area (Å²) in [4.78, 5) is 3.87. The highest BCUT2D eigenvalue weighted by molar-refractivity contribution is 6.35.